The first-order valence-electron chi connectivity index (χ1n) is 6.84. The largest absolute Gasteiger partial charge is 0.497 e. The molecular formula is C18H16N2O. The molecule has 21 heavy (non-hydrogen) atoms. The van der Waals surface area contributed by atoms with Gasteiger partial charge in [0.1, 0.15) is 11.6 Å². The predicted octanol–water partition coefficient (Wildman–Crippen LogP) is 3.67. The van der Waals surface area contributed by atoms with Gasteiger partial charge in [0.15, 0.2) is 0 Å². The molecule has 0 aliphatic heterocycles. The van der Waals surface area contributed by atoms with E-state index >= 15 is 0 Å². The Morgan fingerprint density at radius 1 is 0.762 bits per heavy atom. The van der Waals surface area contributed by atoms with Gasteiger partial charge in [-0.1, -0.05) is 42.5 Å². The Morgan fingerprint density at radius 2 is 1.38 bits per heavy atom. The van der Waals surface area contributed by atoms with Crippen molar-refractivity contribution in [2.45, 2.75) is 5.92 Å². The summed E-state index contributed by atoms with van der Waals surface area (Å²) < 4.78 is 5.23. The van der Waals surface area contributed by atoms with E-state index in [-0.39, 0.29) is 5.92 Å². The van der Waals surface area contributed by atoms with Crippen molar-refractivity contribution < 1.29 is 4.74 Å². The molecule has 0 radical (unpaired) electrons. The van der Waals surface area contributed by atoms with Gasteiger partial charge in [0.05, 0.1) is 13.0 Å². The van der Waals surface area contributed by atoms with Crippen molar-refractivity contribution in [1.29, 1.82) is 0 Å². The number of rotatable bonds is 4. The normalized spacial score (nSPS) is 11.9. The summed E-state index contributed by atoms with van der Waals surface area (Å²) in [4.78, 5) is 8.86. The number of hydrogen-bond donors (Lipinski definition) is 0. The van der Waals surface area contributed by atoms with Gasteiger partial charge in [0.2, 0.25) is 0 Å². The molecule has 1 unspecified atom stereocenters. The van der Waals surface area contributed by atoms with E-state index in [0.717, 1.165) is 17.1 Å². The first-order valence-corrected chi connectivity index (χ1v) is 6.84. The Bertz CT molecular complexity index is 642. The summed E-state index contributed by atoms with van der Waals surface area (Å²) in [6.07, 6.45) is 3.56. The topological polar surface area (TPSA) is 35.0 Å². The molecule has 0 saturated heterocycles. The molecule has 3 rings (SSSR count). The molecule has 0 aliphatic carbocycles. The summed E-state index contributed by atoms with van der Waals surface area (Å²) in [6.45, 7) is 0. The molecule has 3 aromatic rings. The molecule has 0 aliphatic rings. The third kappa shape index (κ3) is 2.92. The lowest BCUT2D eigenvalue weighted by Gasteiger charge is -2.16. The first kappa shape index (κ1) is 13.3. The molecule has 1 atom stereocenters. The number of hydrogen-bond acceptors (Lipinski definition) is 3. The number of aromatic nitrogens is 2. The second kappa shape index (κ2) is 6.18. The van der Waals surface area contributed by atoms with Gasteiger partial charge in [-0.3, -0.25) is 0 Å². The number of nitrogens with zero attached hydrogens (tertiary/aromatic N) is 2. The van der Waals surface area contributed by atoms with Crippen molar-refractivity contribution in [3.05, 3.63) is 90.0 Å². The Labute approximate surface area is 124 Å². The molecule has 3 heteroatoms. The standard InChI is InChI=1S/C18H16N2O/c1-21-16-10-8-15(9-11-16)17(14-6-3-2-4-7-14)18-19-12-5-13-20-18/h2-13,17H,1H3. The number of methoxy groups -OCH3 is 1. The maximum absolute atomic E-state index is 5.23. The average molecular weight is 276 g/mol. The van der Waals surface area contributed by atoms with E-state index in [9.17, 15) is 0 Å². The lowest BCUT2D eigenvalue weighted by Crippen LogP contribution is -2.07. The van der Waals surface area contributed by atoms with Crippen LogP contribution in [0.1, 0.15) is 22.9 Å². The van der Waals surface area contributed by atoms with E-state index in [4.69, 9.17) is 4.74 Å². The molecule has 0 amide bonds. The Hall–Kier alpha value is -2.68. The van der Waals surface area contributed by atoms with Crippen LogP contribution in [0.2, 0.25) is 0 Å². The van der Waals surface area contributed by atoms with Gasteiger partial charge >= 0.3 is 0 Å². The third-order valence-corrected chi connectivity index (χ3v) is 3.43. The summed E-state index contributed by atoms with van der Waals surface area (Å²) in [5, 5.41) is 0. The molecular weight excluding hydrogens is 260 g/mol. The van der Waals surface area contributed by atoms with Gasteiger partial charge in [-0.05, 0) is 29.3 Å². The van der Waals surface area contributed by atoms with Crippen LogP contribution in [0.4, 0.5) is 0 Å². The number of benzene rings is 2. The predicted molar refractivity (Wildman–Crippen MR) is 82.4 cm³/mol. The fourth-order valence-corrected chi connectivity index (χ4v) is 2.39. The van der Waals surface area contributed by atoms with Gasteiger partial charge in [0, 0.05) is 12.4 Å². The maximum Gasteiger partial charge on any atom is 0.140 e. The summed E-state index contributed by atoms with van der Waals surface area (Å²) in [5.74, 6) is 1.67. The molecule has 104 valence electrons. The number of ether oxygens (including phenoxy) is 1. The lowest BCUT2D eigenvalue weighted by molar-refractivity contribution is 0.414. The van der Waals surface area contributed by atoms with Gasteiger partial charge < -0.3 is 4.74 Å². The monoisotopic (exact) mass is 276 g/mol. The minimum absolute atomic E-state index is 0.0262. The summed E-state index contributed by atoms with van der Waals surface area (Å²) in [7, 11) is 1.67. The molecule has 0 N–H and O–H groups in total. The van der Waals surface area contributed by atoms with E-state index in [2.05, 4.69) is 34.2 Å². The minimum atomic E-state index is 0.0262. The zero-order chi connectivity index (χ0) is 14.5. The minimum Gasteiger partial charge on any atom is -0.497 e. The highest BCUT2D eigenvalue weighted by Gasteiger charge is 2.18. The van der Waals surface area contributed by atoms with E-state index in [1.807, 2.05) is 36.4 Å². The van der Waals surface area contributed by atoms with Crippen LogP contribution in [0.5, 0.6) is 5.75 Å². The summed E-state index contributed by atoms with van der Waals surface area (Å²) in [6, 6.07) is 20.2. The quantitative estimate of drug-likeness (QED) is 0.729. The third-order valence-electron chi connectivity index (χ3n) is 3.43. The molecule has 3 nitrogen and oxygen atoms in total. The second-order valence-electron chi connectivity index (χ2n) is 4.72. The van der Waals surface area contributed by atoms with E-state index < -0.39 is 0 Å². The van der Waals surface area contributed by atoms with Crippen LogP contribution >= 0.6 is 0 Å². The summed E-state index contributed by atoms with van der Waals surface area (Å²) in [5.41, 5.74) is 2.32. The molecule has 0 saturated carbocycles. The van der Waals surface area contributed by atoms with Gasteiger partial charge in [-0.2, -0.15) is 0 Å². The SMILES string of the molecule is COc1ccc(C(c2ccccc2)c2ncccn2)cc1. The zero-order valence-corrected chi connectivity index (χ0v) is 11.8. The Morgan fingerprint density at radius 3 is 2.00 bits per heavy atom. The highest BCUT2D eigenvalue weighted by molar-refractivity contribution is 5.40. The van der Waals surface area contributed by atoms with Crippen LogP contribution in [-0.2, 0) is 0 Å². The average Bonchev–Trinajstić information content (AvgIpc) is 2.58. The lowest BCUT2D eigenvalue weighted by atomic mass is 9.90. The van der Waals surface area contributed by atoms with Crippen LogP contribution in [-0.4, -0.2) is 17.1 Å². The van der Waals surface area contributed by atoms with Crippen LogP contribution in [0.25, 0.3) is 0 Å². The Balaban J connectivity index is 2.07. The molecule has 0 bridgehead atoms. The van der Waals surface area contributed by atoms with Gasteiger partial charge in [-0.25, -0.2) is 9.97 Å². The highest BCUT2D eigenvalue weighted by Crippen LogP contribution is 2.30. The van der Waals surface area contributed by atoms with Crippen molar-refractivity contribution in [3.63, 3.8) is 0 Å². The fraction of sp³-hybridized carbons (Fsp3) is 0.111. The van der Waals surface area contributed by atoms with Crippen molar-refractivity contribution in [3.8, 4) is 5.75 Å². The summed E-state index contributed by atoms with van der Waals surface area (Å²) >= 11 is 0. The second-order valence-corrected chi connectivity index (χ2v) is 4.72. The van der Waals surface area contributed by atoms with Crippen molar-refractivity contribution >= 4 is 0 Å². The van der Waals surface area contributed by atoms with E-state index in [0.29, 0.717) is 0 Å². The highest BCUT2D eigenvalue weighted by atomic mass is 16.5. The van der Waals surface area contributed by atoms with Crippen LogP contribution < -0.4 is 4.74 Å². The van der Waals surface area contributed by atoms with Crippen LogP contribution in [0.3, 0.4) is 0 Å². The molecule has 1 heterocycles. The smallest absolute Gasteiger partial charge is 0.140 e. The van der Waals surface area contributed by atoms with E-state index in [1.165, 1.54) is 5.56 Å². The van der Waals surface area contributed by atoms with Crippen LogP contribution in [0, 0.1) is 0 Å². The molecule has 1 aromatic heterocycles. The molecule has 0 fully saturated rings. The zero-order valence-electron chi connectivity index (χ0n) is 11.8. The van der Waals surface area contributed by atoms with E-state index in [1.54, 1.807) is 19.5 Å². The molecule has 0 spiro atoms. The van der Waals surface area contributed by atoms with Gasteiger partial charge in [-0.15, -0.1) is 0 Å². The fourth-order valence-electron chi connectivity index (χ4n) is 2.39. The van der Waals surface area contributed by atoms with Crippen molar-refractivity contribution in [1.82, 2.24) is 9.97 Å². The van der Waals surface area contributed by atoms with Crippen LogP contribution in [0.15, 0.2) is 73.1 Å². The van der Waals surface area contributed by atoms with Crippen molar-refractivity contribution in [2.24, 2.45) is 0 Å². The van der Waals surface area contributed by atoms with Crippen molar-refractivity contribution in [2.75, 3.05) is 7.11 Å². The van der Waals surface area contributed by atoms with Gasteiger partial charge in [0.25, 0.3) is 0 Å². The Kier molecular flexibility index (Phi) is 3.92. The first-order chi connectivity index (χ1) is 10.4. The molecule has 2 aromatic carbocycles. The maximum atomic E-state index is 5.23.